The van der Waals surface area contributed by atoms with E-state index < -0.39 is 15.8 Å². The molecule has 0 aliphatic carbocycles. The zero-order chi connectivity index (χ0) is 17.9. The summed E-state index contributed by atoms with van der Waals surface area (Å²) in [6.07, 6.45) is 0. The first kappa shape index (κ1) is 17.5. The van der Waals surface area contributed by atoms with Crippen LogP contribution in [0.4, 0.5) is 4.39 Å². The average molecular weight is 379 g/mol. The van der Waals surface area contributed by atoms with Crippen molar-refractivity contribution in [2.24, 2.45) is 0 Å². The average Bonchev–Trinajstić information content (AvgIpc) is 3.11. The molecule has 130 valence electrons. The molecule has 0 amide bonds. The highest BCUT2D eigenvalue weighted by Gasteiger charge is 2.13. The number of benzene rings is 1. The van der Waals surface area contributed by atoms with Crippen LogP contribution in [0.2, 0.25) is 0 Å². The maximum Gasteiger partial charge on any atom is 0.266 e. The van der Waals surface area contributed by atoms with Crippen LogP contribution in [0.15, 0.2) is 63.6 Å². The highest BCUT2D eigenvalue weighted by atomic mass is 32.2. The molecule has 0 fully saturated rings. The molecule has 0 saturated carbocycles. The van der Waals surface area contributed by atoms with Crippen molar-refractivity contribution in [3.8, 4) is 10.6 Å². The van der Waals surface area contributed by atoms with Crippen LogP contribution in [0.5, 0.6) is 0 Å². The molecule has 2 aromatic heterocycles. The van der Waals surface area contributed by atoms with Gasteiger partial charge in [-0.05, 0) is 41.8 Å². The summed E-state index contributed by atoms with van der Waals surface area (Å²) in [5, 5.41) is 6.15. The summed E-state index contributed by atoms with van der Waals surface area (Å²) in [5.74, 6) is -0.514. The van der Waals surface area contributed by atoms with Gasteiger partial charge in [-0.2, -0.15) is 5.10 Å². The van der Waals surface area contributed by atoms with Crippen LogP contribution >= 0.6 is 11.3 Å². The molecule has 25 heavy (non-hydrogen) atoms. The molecule has 0 radical (unpaired) electrons. The lowest BCUT2D eigenvalue weighted by atomic mass is 10.3. The van der Waals surface area contributed by atoms with Gasteiger partial charge in [0.25, 0.3) is 5.56 Å². The number of nitrogens with one attached hydrogen (secondary N) is 1. The third-order valence-corrected chi connectivity index (χ3v) is 5.75. The summed E-state index contributed by atoms with van der Waals surface area (Å²) in [4.78, 5) is 12.8. The third kappa shape index (κ3) is 4.19. The molecule has 0 spiro atoms. The molecule has 1 N–H and O–H groups in total. The zero-order valence-electron chi connectivity index (χ0n) is 12.9. The number of rotatable bonds is 6. The summed E-state index contributed by atoms with van der Waals surface area (Å²) in [6.45, 7) is 0.0684. The lowest BCUT2D eigenvalue weighted by Crippen LogP contribution is -2.32. The monoisotopic (exact) mass is 379 g/mol. The lowest BCUT2D eigenvalue weighted by molar-refractivity contribution is 0.548. The van der Waals surface area contributed by atoms with E-state index in [1.807, 2.05) is 17.5 Å². The van der Waals surface area contributed by atoms with Crippen LogP contribution < -0.4 is 10.3 Å². The minimum Gasteiger partial charge on any atom is -0.268 e. The van der Waals surface area contributed by atoms with Crippen LogP contribution in [0, 0.1) is 5.82 Å². The van der Waals surface area contributed by atoms with E-state index in [9.17, 15) is 17.6 Å². The Balaban J connectivity index is 1.70. The van der Waals surface area contributed by atoms with E-state index in [-0.39, 0.29) is 23.5 Å². The number of sulfonamides is 1. The van der Waals surface area contributed by atoms with Gasteiger partial charge in [-0.1, -0.05) is 6.07 Å². The van der Waals surface area contributed by atoms with E-state index >= 15 is 0 Å². The third-order valence-electron chi connectivity index (χ3n) is 3.38. The first-order valence-corrected chi connectivity index (χ1v) is 9.69. The lowest BCUT2D eigenvalue weighted by Gasteiger charge is -2.08. The number of nitrogens with zero attached hydrogens (tertiary/aromatic N) is 2. The molecule has 2 heterocycles. The number of aromatic nitrogens is 2. The van der Waals surface area contributed by atoms with Gasteiger partial charge in [-0.25, -0.2) is 22.2 Å². The van der Waals surface area contributed by atoms with E-state index in [1.54, 1.807) is 6.07 Å². The largest absolute Gasteiger partial charge is 0.268 e. The van der Waals surface area contributed by atoms with Gasteiger partial charge >= 0.3 is 0 Å². The van der Waals surface area contributed by atoms with Gasteiger partial charge in [0, 0.05) is 12.6 Å². The molecule has 3 aromatic rings. The summed E-state index contributed by atoms with van der Waals surface area (Å²) >= 11 is 1.50. The van der Waals surface area contributed by atoms with Gasteiger partial charge in [0.1, 0.15) is 11.5 Å². The normalized spacial score (nSPS) is 11.6. The first-order chi connectivity index (χ1) is 12.0. The maximum absolute atomic E-state index is 12.9. The molecule has 3 rings (SSSR count). The van der Waals surface area contributed by atoms with Gasteiger partial charge in [0.2, 0.25) is 10.0 Å². The zero-order valence-corrected chi connectivity index (χ0v) is 14.6. The fraction of sp³-hybridized carbons (Fsp3) is 0.125. The maximum atomic E-state index is 12.9. The number of thiophene rings is 1. The van der Waals surface area contributed by atoms with Crippen molar-refractivity contribution >= 4 is 21.4 Å². The van der Waals surface area contributed by atoms with Gasteiger partial charge in [0.15, 0.2) is 0 Å². The van der Waals surface area contributed by atoms with Crippen LogP contribution in [0.1, 0.15) is 0 Å². The Morgan fingerprint density at radius 2 is 1.88 bits per heavy atom. The van der Waals surface area contributed by atoms with Crippen molar-refractivity contribution < 1.29 is 12.8 Å². The van der Waals surface area contributed by atoms with E-state index in [0.717, 1.165) is 17.0 Å². The van der Waals surface area contributed by atoms with Crippen molar-refractivity contribution in [2.75, 3.05) is 6.54 Å². The Labute approximate surface area is 147 Å². The van der Waals surface area contributed by atoms with Crippen molar-refractivity contribution in [1.82, 2.24) is 14.5 Å². The second-order valence-corrected chi connectivity index (χ2v) is 7.82. The fourth-order valence-electron chi connectivity index (χ4n) is 2.15. The smallest absolute Gasteiger partial charge is 0.266 e. The number of hydrogen-bond donors (Lipinski definition) is 1. The topological polar surface area (TPSA) is 81.1 Å². The highest BCUT2D eigenvalue weighted by molar-refractivity contribution is 7.89. The Hall–Kier alpha value is -2.36. The summed E-state index contributed by atoms with van der Waals surface area (Å²) in [7, 11) is -3.77. The standard InChI is InChI=1S/C16H14FN3O3S2/c17-12-3-5-13(6-4-12)25(22,23)18-9-10-20-16(21)8-7-14(19-20)15-2-1-11-24-15/h1-8,11,18H,9-10H2. The number of halogens is 1. The van der Waals surface area contributed by atoms with Crippen LogP contribution in [0.3, 0.4) is 0 Å². The minimum absolute atomic E-state index is 0.0134. The molecule has 0 atom stereocenters. The molecule has 1 aromatic carbocycles. The Morgan fingerprint density at radius 1 is 1.12 bits per heavy atom. The van der Waals surface area contributed by atoms with Gasteiger partial charge in [0.05, 0.1) is 16.3 Å². The van der Waals surface area contributed by atoms with E-state index in [0.29, 0.717) is 5.69 Å². The van der Waals surface area contributed by atoms with Gasteiger partial charge in [-0.3, -0.25) is 4.79 Å². The van der Waals surface area contributed by atoms with E-state index in [1.165, 1.54) is 34.2 Å². The molecule has 6 nitrogen and oxygen atoms in total. The second kappa shape index (κ2) is 7.26. The van der Waals surface area contributed by atoms with Crippen LogP contribution in [-0.2, 0) is 16.6 Å². The molecular weight excluding hydrogens is 365 g/mol. The summed E-state index contributed by atoms with van der Waals surface area (Å²) < 4.78 is 40.7. The first-order valence-electron chi connectivity index (χ1n) is 7.33. The highest BCUT2D eigenvalue weighted by Crippen LogP contribution is 2.21. The summed E-state index contributed by atoms with van der Waals surface area (Å²) in [5.41, 5.74) is 0.331. The van der Waals surface area contributed by atoms with Gasteiger partial charge < -0.3 is 0 Å². The molecular formula is C16H14FN3O3S2. The molecule has 0 aliphatic heterocycles. The van der Waals surface area contributed by atoms with Crippen molar-refractivity contribution in [2.45, 2.75) is 11.4 Å². The minimum atomic E-state index is -3.77. The van der Waals surface area contributed by atoms with Gasteiger partial charge in [-0.15, -0.1) is 11.3 Å². The quantitative estimate of drug-likeness (QED) is 0.711. The molecule has 0 unspecified atom stereocenters. The predicted molar refractivity (Wildman–Crippen MR) is 93.4 cm³/mol. The SMILES string of the molecule is O=c1ccc(-c2cccs2)nn1CCNS(=O)(=O)c1ccc(F)cc1. The summed E-state index contributed by atoms with van der Waals surface area (Å²) in [6, 6.07) is 11.3. The van der Waals surface area contributed by atoms with E-state index in [4.69, 9.17) is 0 Å². The predicted octanol–water partition coefficient (Wildman–Crippen LogP) is 2.09. The molecule has 0 aliphatic rings. The molecule has 0 bridgehead atoms. The van der Waals surface area contributed by atoms with Crippen molar-refractivity contribution in [1.29, 1.82) is 0 Å². The number of hydrogen-bond acceptors (Lipinski definition) is 5. The molecule has 9 heteroatoms. The fourth-order valence-corrected chi connectivity index (χ4v) is 3.86. The molecule has 0 saturated heterocycles. The Kier molecular flexibility index (Phi) is 5.07. The second-order valence-electron chi connectivity index (χ2n) is 5.11. The Morgan fingerprint density at radius 3 is 2.56 bits per heavy atom. The van der Waals surface area contributed by atoms with Crippen LogP contribution in [-0.4, -0.2) is 24.7 Å². The van der Waals surface area contributed by atoms with Crippen molar-refractivity contribution in [3.63, 3.8) is 0 Å². The van der Waals surface area contributed by atoms with Crippen molar-refractivity contribution in [3.05, 3.63) is 70.1 Å². The van der Waals surface area contributed by atoms with Crippen LogP contribution in [0.25, 0.3) is 10.6 Å². The van der Waals surface area contributed by atoms with E-state index in [2.05, 4.69) is 9.82 Å². The Bertz CT molecular complexity index is 1010.